The Balaban J connectivity index is 1.72. The number of carbonyl (C=O) groups is 1. The number of aromatic nitrogens is 1. The molecule has 1 fully saturated rings. The minimum atomic E-state index is -3.93. The van der Waals surface area contributed by atoms with Crippen LogP contribution in [0.4, 0.5) is 0 Å². The quantitative estimate of drug-likeness (QED) is 0.636. The number of benzene rings is 1. The summed E-state index contributed by atoms with van der Waals surface area (Å²) in [6.45, 7) is 3.79. The first-order chi connectivity index (χ1) is 16.7. The summed E-state index contributed by atoms with van der Waals surface area (Å²) < 4.78 is 34.8. The van der Waals surface area contributed by atoms with Crippen molar-refractivity contribution in [1.29, 1.82) is 0 Å². The van der Waals surface area contributed by atoms with E-state index in [1.807, 2.05) is 6.92 Å². The minimum Gasteiger partial charge on any atom is -0.487 e. The molecule has 8 nitrogen and oxygen atoms in total. The molecule has 35 heavy (non-hydrogen) atoms. The van der Waals surface area contributed by atoms with Crippen LogP contribution in [0, 0.1) is 23.7 Å². The van der Waals surface area contributed by atoms with E-state index in [2.05, 4.69) is 16.8 Å². The van der Waals surface area contributed by atoms with Crippen molar-refractivity contribution in [2.24, 2.45) is 11.8 Å². The van der Waals surface area contributed by atoms with E-state index < -0.39 is 22.2 Å². The molecule has 1 aromatic carbocycles. The van der Waals surface area contributed by atoms with Gasteiger partial charge in [0.1, 0.15) is 16.7 Å². The van der Waals surface area contributed by atoms with Crippen LogP contribution in [0.1, 0.15) is 37.8 Å². The van der Waals surface area contributed by atoms with E-state index in [4.69, 9.17) is 4.74 Å². The number of nitrogens with zero attached hydrogens (tertiary/aromatic N) is 3. The van der Waals surface area contributed by atoms with Crippen LogP contribution in [0.2, 0.25) is 0 Å². The van der Waals surface area contributed by atoms with E-state index >= 15 is 0 Å². The topological polar surface area (TPSA) is 100 Å². The molecule has 1 aliphatic carbocycles. The second kappa shape index (κ2) is 10.4. The Morgan fingerprint density at radius 3 is 2.57 bits per heavy atom. The van der Waals surface area contributed by atoms with E-state index in [0.717, 1.165) is 18.4 Å². The van der Waals surface area contributed by atoms with E-state index in [9.17, 15) is 18.3 Å². The first kappa shape index (κ1) is 25.2. The maximum Gasteiger partial charge on any atom is 0.247 e. The SMILES string of the molecule is C[C@@H]1CN([C@@H](C)CO)S(=O)(=O)c2ccc(C#Cc3ccncc3)cc2O[C@H]1CN(C)C(=O)C1CC1. The summed E-state index contributed by atoms with van der Waals surface area (Å²) in [5, 5.41) is 9.78. The lowest BCUT2D eigenvalue weighted by Crippen LogP contribution is -2.50. The zero-order valence-electron chi connectivity index (χ0n) is 20.2. The highest BCUT2D eigenvalue weighted by Crippen LogP contribution is 2.35. The molecule has 0 saturated heterocycles. The molecule has 2 aliphatic rings. The van der Waals surface area contributed by atoms with Gasteiger partial charge in [-0.2, -0.15) is 4.31 Å². The third-order valence-electron chi connectivity index (χ3n) is 6.46. The van der Waals surface area contributed by atoms with Crippen molar-refractivity contribution in [1.82, 2.24) is 14.2 Å². The van der Waals surface area contributed by atoms with Crippen molar-refractivity contribution >= 4 is 15.9 Å². The fraction of sp³-hybridized carbons (Fsp3) is 0.462. The molecule has 3 atom stereocenters. The van der Waals surface area contributed by atoms with Gasteiger partial charge in [-0.15, -0.1) is 0 Å². The fourth-order valence-corrected chi connectivity index (χ4v) is 5.93. The molecule has 4 rings (SSSR count). The number of ether oxygens (including phenoxy) is 1. The van der Waals surface area contributed by atoms with Gasteiger partial charge in [0.15, 0.2) is 0 Å². The number of fused-ring (bicyclic) bond motifs is 1. The molecule has 0 bridgehead atoms. The molecule has 2 heterocycles. The van der Waals surface area contributed by atoms with Crippen molar-refractivity contribution < 1.29 is 23.1 Å². The van der Waals surface area contributed by atoms with Crippen LogP contribution in [-0.2, 0) is 14.8 Å². The van der Waals surface area contributed by atoms with Gasteiger partial charge in [-0.25, -0.2) is 8.42 Å². The van der Waals surface area contributed by atoms with Gasteiger partial charge in [-0.3, -0.25) is 9.78 Å². The number of rotatable bonds is 5. The van der Waals surface area contributed by atoms with Gasteiger partial charge in [0, 0.05) is 55.0 Å². The number of hydrogen-bond donors (Lipinski definition) is 1. The summed E-state index contributed by atoms with van der Waals surface area (Å²) in [6.07, 6.45) is 4.69. The lowest BCUT2D eigenvalue weighted by molar-refractivity contribution is -0.132. The highest BCUT2D eigenvalue weighted by molar-refractivity contribution is 7.89. The fourth-order valence-electron chi connectivity index (χ4n) is 4.10. The monoisotopic (exact) mass is 497 g/mol. The number of sulfonamides is 1. The van der Waals surface area contributed by atoms with Crippen molar-refractivity contribution in [3.05, 3.63) is 53.9 Å². The molecule has 0 unspecified atom stereocenters. The highest BCUT2D eigenvalue weighted by atomic mass is 32.2. The van der Waals surface area contributed by atoms with Gasteiger partial charge < -0.3 is 14.7 Å². The van der Waals surface area contributed by atoms with E-state index in [1.165, 1.54) is 10.4 Å². The summed E-state index contributed by atoms with van der Waals surface area (Å²) in [7, 11) is -2.17. The maximum absolute atomic E-state index is 13.6. The zero-order chi connectivity index (χ0) is 25.2. The van der Waals surface area contributed by atoms with E-state index in [0.29, 0.717) is 12.1 Å². The molecule has 0 radical (unpaired) electrons. The second-order valence-electron chi connectivity index (χ2n) is 9.38. The average Bonchev–Trinajstić information content (AvgIpc) is 3.70. The average molecular weight is 498 g/mol. The third kappa shape index (κ3) is 5.67. The largest absolute Gasteiger partial charge is 0.487 e. The molecule has 186 valence electrons. The first-order valence-corrected chi connectivity index (χ1v) is 13.2. The van der Waals surface area contributed by atoms with Crippen LogP contribution in [0.15, 0.2) is 47.6 Å². The number of likely N-dealkylation sites (N-methyl/N-ethyl adjacent to an activating group) is 1. The molecule has 1 aliphatic heterocycles. The third-order valence-corrected chi connectivity index (χ3v) is 8.47. The van der Waals surface area contributed by atoms with Crippen molar-refractivity contribution in [3.8, 4) is 17.6 Å². The molecule has 1 N–H and O–H groups in total. The molecular formula is C26H31N3O5S. The molecular weight excluding hydrogens is 466 g/mol. The smallest absolute Gasteiger partial charge is 0.247 e. The normalized spacial score (nSPS) is 22.4. The highest BCUT2D eigenvalue weighted by Gasteiger charge is 2.39. The Morgan fingerprint density at radius 1 is 1.23 bits per heavy atom. The van der Waals surface area contributed by atoms with Crippen LogP contribution in [-0.4, -0.2) is 72.5 Å². The number of aliphatic hydroxyl groups excluding tert-OH is 1. The Labute approximate surface area is 207 Å². The maximum atomic E-state index is 13.6. The lowest BCUT2D eigenvalue weighted by Gasteiger charge is -2.37. The number of pyridine rings is 1. The van der Waals surface area contributed by atoms with Crippen LogP contribution in [0.25, 0.3) is 0 Å². The standard InChI is InChI=1S/C26H31N3O5S/c1-18-15-29(19(2)17-30)35(32,33)25-9-6-21(5-4-20-10-12-27-13-11-20)14-23(25)34-24(18)16-28(3)26(31)22-7-8-22/h6,9-14,18-19,22,24,30H,7-8,15-17H2,1-3H3/t18-,19+,24+/m1/s1. The summed E-state index contributed by atoms with van der Waals surface area (Å²) in [5.41, 5.74) is 1.39. The molecule has 1 amide bonds. The van der Waals surface area contributed by atoms with E-state index in [1.54, 1.807) is 55.5 Å². The molecule has 0 spiro atoms. The number of aliphatic hydroxyl groups is 1. The second-order valence-corrected chi connectivity index (χ2v) is 11.2. The Morgan fingerprint density at radius 2 is 1.91 bits per heavy atom. The van der Waals surface area contributed by atoms with Gasteiger partial charge in [0.05, 0.1) is 13.2 Å². The Hall–Kier alpha value is -2.93. The van der Waals surface area contributed by atoms with Crippen LogP contribution in [0.5, 0.6) is 5.75 Å². The first-order valence-electron chi connectivity index (χ1n) is 11.8. The number of carbonyl (C=O) groups excluding carboxylic acids is 1. The van der Waals surface area contributed by atoms with Crippen molar-refractivity contribution in [2.75, 3.05) is 26.7 Å². The van der Waals surface area contributed by atoms with Crippen molar-refractivity contribution in [2.45, 2.75) is 43.7 Å². The predicted octanol–water partition coefficient (Wildman–Crippen LogP) is 2.12. The van der Waals surface area contributed by atoms with E-state index in [-0.39, 0.29) is 41.5 Å². The molecule has 1 saturated carbocycles. The van der Waals surface area contributed by atoms with Gasteiger partial charge in [0.25, 0.3) is 0 Å². The number of amides is 1. The molecule has 2 aromatic rings. The number of hydrogen-bond acceptors (Lipinski definition) is 6. The summed E-state index contributed by atoms with van der Waals surface area (Å²) >= 11 is 0. The van der Waals surface area contributed by atoms with Gasteiger partial charge in [-0.1, -0.05) is 18.8 Å². The van der Waals surface area contributed by atoms with Crippen LogP contribution in [0.3, 0.4) is 0 Å². The predicted molar refractivity (Wildman–Crippen MR) is 131 cm³/mol. The van der Waals surface area contributed by atoms with Gasteiger partial charge in [0.2, 0.25) is 15.9 Å². The van der Waals surface area contributed by atoms with Crippen LogP contribution >= 0.6 is 0 Å². The summed E-state index contributed by atoms with van der Waals surface area (Å²) in [5.74, 6) is 6.25. The van der Waals surface area contributed by atoms with Crippen LogP contribution < -0.4 is 4.74 Å². The lowest BCUT2D eigenvalue weighted by atomic mass is 10.0. The summed E-state index contributed by atoms with van der Waals surface area (Å²) in [4.78, 5) is 18.3. The van der Waals surface area contributed by atoms with Gasteiger partial charge >= 0.3 is 0 Å². The molecule has 1 aromatic heterocycles. The minimum absolute atomic E-state index is 0.0281. The Bertz CT molecular complexity index is 1230. The summed E-state index contributed by atoms with van der Waals surface area (Å²) in [6, 6.07) is 7.77. The molecule has 9 heteroatoms. The van der Waals surface area contributed by atoms with Gasteiger partial charge in [-0.05, 0) is 50.1 Å². The van der Waals surface area contributed by atoms with Crippen molar-refractivity contribution in [3.63, 3.8) is 0 Å². The zero-order valence-corrected chi connectivity index (χ0v) is 21.0. The Kier molecular flexibility index (Phi) is 7.45.